The molecule has 0 bridgehead atoms. The van der Waals surface area contributed by atoms with Gasteiger partial charge in [0.05, 0.1) is 5.69 Å². The molecule has 62 valence electrons. The lowest BCUT2D eigenvalue weighted by Crippen LogP contribution is -2.03. The Labute approximate surface area is 64.9 Å². The fourth-order valence-electron chi connectivity index (χ4n) is 0.529. The van der Waals surface area contributed by atoms with Gasteiger partial charge in [-0.05, 0) is 6.92 Å². The SMILES string of the molecule is Cc1nc(C(F)(F)F)sc1N. The summed E-state index contributed by atoms with van der Waals surface area (Å²) < 4.78 is 35.6. The second kappa shape index (κ2) is 2.37. The van der Waals surface area contributed by atoms with Crippen LogP contribution in [-0.4, -0.2) is 4.98 Å². The molecule has 0 atom stereocenters. The van der Waals surface area contributed by atoms with E-state index in [4.69, 9.17) is 5.73 Å². The summed E-state index contributed by atoms with van der Waals surface area (Å²) in [6, 6.07) is 0. The summed E-state index contributed by atoms with van der Waals surface area (Å²) in [5, 5.41) is -0.759. The number of alkyl halides is 3. The van der Waals surface area contributed by atoms with E-state index < -0.39 is 11.2 Å². The monoisotopic (exact) mass is 182 g/mol. The van der Waals surface area contributed by atoms with Crippen LogP contribution < -0.4 is 5.73 Å². The average Bonchev–Trinajstić information content (AvgIpc) is 2.11. The first-order chi connectivity index (χ1) is 4.91. The van der Waals surface area contributed by atoms with Crippen molar-refractivity contribution in [3.8, 4) is 0 Å². The molecule has 0 saturated carbocycles. The lowest BCUT2D eigenvalue weighted by molar-refractivity contribution is -0.137. The summed E-state index contributed by atoms with van der Waals surface area (Å²) in [5.74, 6) is 0. The third-order valence-corrected chi connectivity index (χ3v) is 2.11. The van der Waals surface area contributed by atoms with Gasteiger partial charge in [-0.1, -0.05) is 11.3 Å². The van der Waals surface area contributed by atoms with Crippen molar-refractivity contribution in [2.24, 2.45) is 0 Å². The fraction of sp³-hybridized carbons (Fsp3) is 0.400. The first-order valence-electron chi connectivity index (χ1n) is 2.71. The van der Waals surface area contributed by atoms with Crippen LogP contribution in [0.5, 0.6) is 0 Å². The standard InChI is InChI=1S/C5H5F3N2S/c1-2-3(9)11-4(10-2)5(6,7)8/h9H2,1H3. The van der Waals surface area contributed by atoms with E-state index in [9.17, 15) is 13.2 Å². The molecule has 1 aromatic heterocycles. The molecule has 0 amide bonds. The molecule has 0 unspecified atom stereocenters. The number of nitrogen functional groups attached to an aromatic ring is 1. The van der Waals surface area contributed by atoms with Gasteiger partial charge in [0.1, 0.15) is 5.00 Å². The van der Waals surface area contributed by atoms with E-state index in [1.807, 2.05) is 0 Å². The highest BCUT2D eigenvalue weighted by Crippen LogP contribution is 2.34. The van der Waals surface area contributed by atoms with Crippen LogP contribution in [0.3, 0.4) is 0 Å². The number of nitrogens with zero attached hydrogens (tertiary/aromatic N) is 1. The fourth-order valence-corrected chi connectivity index (χ4v) is 1.23. The number of nitrogens with two attached hydrogens (primary N) is 1. The topological polar surface area (TPSA) is 38.9 Å². The predicted octanol–water partition coefficient (Wildman–Crippen LogP) is 2.05. The number of aromatic nitrogens is 1. The molecule has 0 fully saturated rings. The van der Waals surface area contributed by atoms with E-state index >= 15 is 0 Å². The summed E-state index contributed by atoms with van der Waals surface area (Å²) in [7, 11) is 0. The van der Waals surface area contributed by atoms with Crippen molar-refractivity contribution in [1.82, 2.24) is 4.98 Å². The maximum absolute atomic E-state index is 11.9. The Morgan fingerprint density at radius 3 is 2.18 bits per heavy atom. The van der Waals surface area contributed by atoms with Crippen molar-refractivity contribution < 1.29 is 13.2 Å². The molecule has 2 N–H and O–H groups in total. The summed E-state index contributed by atoms with van der Waals surface area (Å²) in [6.07, 6.45) is -4.37. The molecular formula is C5H5F3N2S. The van der Waals surface area contributed by atoms with Crippen molar-refractivity contribution in [1.29, 1.82) is 0 Å². The molecule has 0 spiro atoms. The van der Waals surface area contributed by atoms with Gasteiger partial charge >= 0.3 is 6.18 Å². The quantitative estimate of drug-likeness (QED) is 0.666. The van der Waals surface area contributed by atoms with Gasteiger partial charge in [-0.2, -0.15) is 13.2 Å². The maximum Gasteiger partial charge on any atom is 0.443 e. The highest BCUT2D eigenvalue weighted by Gasteiger charge is 2.35. The molecule has 6 heteroatoms. The van der Waals surface area contributed by atoms with E-state index in [0.717, 1.165) is 0 Å². The zero-order valence-corrected chi connectivity index (χ0v) is 6.38. The third kappa shape index (κ3) is 1.62. The van der Waals surface area contributed by atoms with E-state index in [2.05, 4.69) is 4.98 Å². The Morgan fingerprint density at radius 2 is 2.00 bits per heavy atom. The molecule has 0 aliphatic heterocycles. The lowest BCUT2D eigenvalue weighted by Gasteiger charge is -1.98. The van der Waals surface area contributed by atoms with Gasteiger partial charge in [-0.25, -0.2) is 4.98 Å². The Bertz CT molecular complexity index is 246. The van der Waals surface area contributed by atoms with Crippen LogP contribution in [0.4, 0.5) is 18.2 Å². The largest absolute Gasteiger partial charge is 0.443 e. The van der Waals surface area contributed by atoms with Crippen LogP contribution in [0.15, 0.2) is 0 Å². The summed E-state index contributed by atoms with van der Waals surface area (Å²) in [5.41, 5.74) is 5.43. The molecule has 1 rings (SSSR count). The third-order valence-electron chi connectivity index (χ3n) is 1.07. The van der Waals surface area contributed by atoms with Crippen LogP contribution in [0, 0.1) is 6.92 Å². The Morgan fingerprint density at radius 1 is 1.45 bits per heavy atom. The second-order valence-electron chi connectivity index (χ2n) is 1.97. The minimum atomic E-state index is -4.37. The second-order valence-corrected chi connectivity index (χ2v) is 3.00. The van der Waals surface area contributed by atoms with Crippen LogP contribution in [0.1, 0.15) is 10.7 Å². The molecule has 0 saturated heterocycles. The highest BCUT2D eigenvalue weighted by atomic mass is 32.1. The minimum Gasteiger partial charge on any atom is -0.389 e. The Balaban J connectivity index is 3.08. The van der Waals surface area contributed by atoms with Crippen molar-refractivity contribution >= 4 is 16.3 Å². The first kappa shape index (κ1) is 8.32. The Kier molecular flexibility index (Phi) is 1.79. The molecule has 1 aromatic rings. The molecule has 0 radical (unpaired) electrons. The minimum absolute atomic E-state index is 0.123. The highest BCUT2D eigenvalue weighted by molar-refractivity contribution is 7.15. The number of thiazole rings is 1. The van der Waals surface area contributed by atoms with Crippen LogP contribution in [0.25, 0.3) is 0 Å². The van der Waals surface area contributed by atoms with Crippen molar-refractivity contribution in [2.75, 3.05) is 5.73 Å². The molecule has 1 heterocycles. The van der Waals surface area contributed by atoms with Crippen molar-refractivity contribution in [2.45, 2.75) is 13.1 Å². The molecule has 0 aliphatic carbocycles. The average molecular weight is 182 g/mol. The number of hydrogen-bond donors (Lipinski definition) is 1. The van der Waals surface area contributed by atoms with Crippen LogP contribution >= 0.6 is 11.3 Å². The maximum atomic E-state index is 11.9. The number of halogens is 3. The van der Waals surface area contributed by atoms with Gasteiger partial charge < -0.3 is 5.73 Å². The summed E-state index contributed by atoms with van der Waals surface area (Å²) in [6.45, 7) is 1.45. The van der Waals surface area contributed by atoms with Gasteiger partial charge in [-0.15, -0.1) is 0 Å². The Hall–Kier alpha value is -0.780. The van der Waals surface area contributed by atoms with Gasteiger partial charge in [0, 0.05) is 0 Å². The molecule has 0 aliphatic rings. The zero-order valence-electron chi connectivity index (χ0n) is 5.57. The summed E-state index contributed by atoms with van der Waals surface area (Å²) >= 11 is 0.463. The van der Waals surface area contributed by atoms with E-state index in [1.54, 1.807) is 0 Å². The number of anilines is 1. The number of aryl methyl sites for hydroxylation is 1. The predicted molar refractivity (Wildman–Crippen MR) is 36.3 cm³/mol. The lowest BCUT2D eigenvalue weighted by atomic mass is 10.5. The molecule has 0 aromatic carbocycles. The molecule has 2 nitrogen and oxygen atoms in total. The van der Waals surface area contributed by atoms with Gasteiger partial charge in [0.2, 0.25) is 0 Å². The normalized spacial score (nSPS) is 12.0. The number of rotatable bonds is 0. The van der Waals surface area contributed by atoms with Crippen LogP contribution in [-0.2, 0) is 6.18 Å². The van der Waals surface area contributed by atoms with Crippen molar-refractivity contribution in [3.63, 3.8) is 0 Å². The first-order valence-corrected chi connectivity index (χ1v) is 3.53. The van der Waals surface area contributed by atoms with E-state index in [0.29, 0.717) is 11.3 Å². The van der Waals surface area contributed by atoms with Gasteiger partial charge in [-0.3, -0.25) is 0 Å². The van der Waals surface area contributed by atoms with E-state index in [-0.39, 0.29) is 10.7 Å². The number of hydrogen-bond acceptors (Lipinski definition) is 3. The van der Waals surface area contributed by atoms with Gasteiger partial charge in [0.15, 0.2) is 5.01 Å². The molecular weight excluding hydrogens is 177 g/mol. The van der Waals surface area contributed by atoms with Crippen LogP contribution in [0.2, 0.25) is 0 Å². The van der Waals surface area contributed by atoms with Crippen molar-refractivity contribution in [3.05, 3.63) is 10.7 Å². The smallest absolute Gasteiger partial charge is 0.389 e. The summed E-state index contributed by atoms with van der Waals surface area (Å²) in [4.78, 5) is 3.25. The van der Waals surface area contributed by atoms with E-state index in [1.165, 1.54) is 6.92 Å². The molecule has 11 heavy (non-hydrogen) atoms. The zero-order chi connectivity index (χ0) is 8.65. The van der Waals surface area contributed by atoms with Gasteiger partial charge in [0.25, 0.3) is 0 Å².